The molecule has 27 heavy (non-hydrogen) atoms. The molecule has 2 saturated heterocycles. The average molecular weight is 392 g/mol. The molecule has 0 aromatic carbocycles. The monoisotopic (exact) mass is 391 g/mol. The highest BCUT2D eigenvalue weighted by Crippen LogP contribution is 2.57. The van der Waals surface area contributed by atoms with Gasteiger partial charge in [0.15, 0.2) is 0 Å². The summed E-state index contributed by atoms with van der Waals surface area (Å²) in [6, 6.07) is 2.46. The summed E-state index contributed by atoms with van der Waals surface area (Å²) in [7, 11) is 0. The number of hydrogen-bond donors (Lipinski definition) is 1. The minimum Gasteiger partial charge on any atom is -0.380 e. The van der Waals surface area contributed by atoms with Crippen molar-refractivity contribution in [2.24, 2.45) is 10.8 Å². The van der Waals surface area contributed by atoms with Crippen molar-refractivity contribution in [1.29, 1.82) is 0 Å². The van der Waals surface area contributed by atoms with Crippen molar-refractivity contribution in [2.45, 2.75) is 45.7 Å². The Morgan fingerprint density at radius 2 is 2.11 bits per heavy atom. The maximum atomic E-state index is 12.5. The zero-order valence-corrected chi connectivity index (χ0v) is 17.0. The Hall–Kier alpha value is -1.60. The molecule has 148 valence electrons. The molecular weight excluding hydrogens is 362 g/mol. The number of nitrogens with zero attached hydrogens (tertiary/aromatic N) is 2. The third-order valence-corrected chi connectivity index (χ3v) is 7.21. The zero-order valence-electron chi connectivity index (χ0n) is 16.2. The van der Waals surface area contributed by atoms with E-state index in [0.717, 1.165) is 45.6 Å². The van der Waals surface area contributed by atoms with E-state index in [1.165, 1.54) is 5.56 Å². The summed E-state index contributed by atoms with van der Waals surface area (Å²) >= 11 is 1.67. The Bertz CT molecular complexity index is 693. The van der Waals surface area contributed by atoms with Gasteiger partial charge in [0.25, 0.3) is 0 Å². The van der Waals surface area contributed by atoms with Crippen molar-refractivity contribution in [3.05, 3.63) is 22.4 Å². The number of carbonyl (C=O) groups excluding carboxylic acids is 2. The predicted octanol–water partition coefficient (Wildman–Crippen LogP) is 2.70. The fraction of sp³-hybridized carbons (Fsp3) is 0.700. The molecule has 4 rings (SSSR count). The van der Waals surface area contributed by atoms with E-state index < -0.39 is 0 Å². The van der Waals surface area contributed by atoms with E-state index in [9.17, 15) is 9.59 Å². The number of ether oxygens (including phenoxy) is 1. The van der Waals surface area contributed by atoms with Crippen molar-refractivity contribution in [3.63, 3.8) is 0 Å². The first-order chi connectivity index (χ1) is 12.9. The van der Waals surface area contributed by atoms with E-state index in [-0.39, 0.29) is 22.8 Å². The van der Waals surface area contributed by atoms with E-state index in [4.69, 9.17) is 4.74 Å². The van der Waals surface area contributed by atoms with Gasteiger partial charge in [0.05, 0.1) is 13.2 Å². The smallest absolute Gasteiger partial charge is 0.317 e. The summed E-state index contributed by atoms with van der Waals surface area (Å²) in [5, 5.41) is 7.24. The molecule has 1 aliphatic carbocycles. The van der Waals surface area contributed by atoms with Crippen LogP contribution in [0.3, 0.4) is 0 Å². The second-order valence-corrected chi connectivity index (χ2v) is 9.59. The van der Waals surface area contributed by atoms with Gasteiger partial charge in [-0.2, -0.15) is 11.3 Å². The second kappa shape index (κ2) is 7.09. The fourth-order valence-corrected chi connectivity index (χ4v) is 5.09. The van der Waals surface area contributed by atoms with Crippen LogP contribution in [-0.4, -0.2) is 60.6 Å². The Morgan fingerprint density at radius 1 is 1.37 bits per heavy atom. The van der Waals surface area contributed by atoms with E-state index in [1.54, 1.807) is 18.3 Å². The molecule has 1 aromatic rings. The molecule has 0 bridgehead atoms. The molecule has 3 fully saturated rings. The molecule has 6 nitrogen and oxygen atoms in total. The van der Waals surface area contributed by atoms with Gasteiger partial charge in [0.1, 0.15) is 0 Å². The SMILES string of the molecule is CC(=O)N(Cc1ccsc1)C1CC12CCN(C(=O)NCC1(C)COC1)CC2. The summed E-state index contributed by atoms with van der Waals surface area (Å²) in [6.45, 7) is 8.20. The van der Waals surface area contributed by atoms with Gasteiger partial charge in [0, 0.05) is 44.6 Å². The standard InChI is InChI=1S/C20H29N3O3S/c1-15(24)23(10-16-3-8-27-11-16)17-9-20(17)4-6-22(7-5-20)18(25)21-12-19(2)13-26-14-19/h3,8,11,17H,4-7,9-10,12-14H2,1-2H3,(H,21,25). The van der Waals surface area contributed by atoms with Gasteiger partial charge >= 0.3 is 6.03 Å². The van der Waals surface area contributed by atoms with Gasteiger partial charge < -0.3 is 19.9 Å². The lowest BCUT2D eigenvalue weighted by Crippen LogP contribution is -2.52. The van der Waals surface area contributed by atoms with E-state index in [0.29, 0.717) is 19.1 Å². The van der Waals surface area contributed by atoms with Crippen molar-refractivity contribution in [2.75, 3.05) is 32.8 Å². The Labute approximate surface area is 164 Å². The molecule has 1 atom stereocenters. The lowest BCUT2D eigenvalue weighted by Gasteiger charge is -2.39. The van der Waals surface area contributed by atoms with Crippen LogP contribution in [0.4, 0.5) is 4.79 Å². The maximum Gasteiger partial charge on any atom is 0.317 e. The first-order valence-electron chi connectivity index (χ1n) is 9.80. The number of thiophene rings is 1. The van der Waals surface area contributed by atoms with Crippen molar-refractivity contribution >= 4 is 23.3 Å². The third-order valence-electron chi connectivity index (χ3n) is 6.47. The third kappa shape index (κ3) is 3.85. The van der Waals surface area contributed by atoms with E-state index in [2.05, 4.69) is 29.1 Å². The largest absolute Gasteiger partial charge is 0.380 e. The zero-order chi connectivity index (χ0) is 19.1. The summed E-state index contributed by atoms with van der Waals surface area (Å²) in [5.74, 6) is 0.152. The normalized spacial score (nSPS) is 25.0. The quantitative estimate of drug-likeness (QED) is 0.839. The number of rotatable bonds is 5. The van der Waals surface area contributed by atoms with E-state index >= 15 is 0 Å². The molecule has 1 spiro atoms. The summed E-state index contributed by atoms with van der Waals surface area (Å²) in [6.07, 6.45) is 3.04. The van der Waals surface area contributed by atoms with Crippen LogP contribution in [-0.2, 0) is 16.1 Å². The van der Waals surface area contributed by atoms with Crippen LogP contribution in [0.5, 0.6) is 0 Å². The molecule has 3 heterocycles. The number of piperidine rings is 1. The van der Waals surface area contributed by atoms with Gasteiger partial charge in [-0.05, 0) is 47.1 Å². The molecule has 3 aliphatic rings. The van der Waals surface area contributed by atoms with Crippen LogP contribution in [0, 0.1) is 10.8 Å². The number of carbonyl (C=O) groups is 2. The topological polar surface area (TPSA) is 61.9 Å². The second-order valence-electron chi connectivity index (χ2n) is 8.81. The molecular formula is C20H29N3O3S. The van der Waals surface area contributed by atoms with Crippen LogP contribution < -0.4 is 5.32 Å². The first-order valence-corrected chi connectivity index (χ1v) is 10.7. The average Bonchev–Trinajstić information content (AvgIpc) is 3.05. The fourth-order valence-electron chi connectivity index (χ4n) is 4.43. The lowest BCUT2D eigenvalue weighted by atomic mass is 9.89. The van der Waals surface area contributed by atoms with Crippen LogP contribution in [0.15, 0.2) is 16.8 Å². The van der Waals surface area contributed by atoms with Gasteiger partial charge in [-0.25, -0.2) is 4.79 Å². The molecule has 1 aromatic heterocycles. The maximum absolute atomic E-state index is 12.5. The van der Waals surface area contributed by atoms with E-state index in [1.807, 2.05) is 9.80 Å². The number of amides is 3. The highest BCUT2D eigenvalue weighted by Gasteiger charge is 2.58. The van der Waals surface area contributed by atoms with Crippen molar-refractivity contribution in [1.82, 2.24) is 15.1 Å². The minimum absolute atomic E-state index is 0.0388. The van der Waals surface area contributed by atoms with Crippen LogP contribution in [0.2, 0.25) is 0 Å². The van der Waals surface area contributed by atoms with Gasteiger partial charge in [0.2, 0.25) is 5.91 Å². The molecule has 0 radical (unpaired) electrons. The summed E-state index contributed by atoms with van der Waals surface area (Å²) in [5.41, 5.74) is 1.52. The van der Waals surface area contributed by atoms with Gasteiger partial charge in [-0.1, -0.05) is 6.92 Å². The van der Waals surface area contributed by atoms with Crippen LogP contribution >= 0.6 is 11.3 Å². The minimum atomic E-state index is 0.0388. The van der Waals surface area contributed by atoms with Crippen LogP contribution in [0.25, 0.3) is 0 Å². The molecule has 3 amide bonds. The lowest BCUT2D eigenvalue weighted by molar-refractivity contribution is -0.130. The number of likely N-dealkylation sites (tertiary alicyclic amines) is 1. The number of nitrogens with one attached hydrogen (secondary N) is 1. The molecule has 1 saturated carbocycles. The van der Waals surface area contributed by atoms with Crippen molar-refractivity contribution in [3.8, 4) is 0 Å². The Balaban J connectivity index is 1.28. The van der Waals surface area contributed by atoms with Crippen LogP contribution in [0.1, 0.15) is 38.7 Å². The summed E-state index contributed by atoms with van der Waals surface area (Å²) in [4.78, 5) is 28.6. The molecule has 2 aliphatic heterocycles. The summed E-state index contributed by atoms with van der Waals surface area (Å²) < 4.78 is 5.25. The highest BCUT2D eigenvalue weighted by molar-refractivity contribution is 7.07. The number of urea groups is 1. The Morgan fingerprint density at radius 3 is 2.67 bits per heavy atom. The molecule has 7 heteroatoms. The molecule has 1 unspecified atom stereocenters. The van der Waals surface area contributed by atoms with Crippen molar-refractivity contribution < 1.29 is 14.3 Å². The predicted molar refractivity (Wildman–Crippen MR) is 105 cm³/mol. The van der Waals surface area contributed by atoms with Gasteiger partial charge in [-0.15, -0.1) is 0 Å². The van der Waals surface area contributed by atoms with Gasteiger partial charge in [-0.3, -0.25) is 4.79 Å². The first kappa shape index (κ1) is 18.7. The Kier molecular flexibility index (Phi) is 4.93. The molecule has 1 N–H and O–H groups in total. The number of hydrogen-bond acceptors (Lipinski definition) is 4. The highest BCUT2D eigenvalue weighted by atomic mass is 32.1.